The molecule has 2 aromatic carbocycles. The van der Waals surface area contributed by atoms with Gasteiger partial charge in [-0.25, -0.2) is 9.59 Å². The predicted octanol–water partition coefficient (Wildman–Crippen LogP) is 2.49. The second kappa shape index (κ2) is 6.37. The topological polar surface area (TPSA) is 93.8 Å². The maximum Gasteiger partial charge on any atom is 0.347 e. The van der Waals surface area contributed by atoms with E-state index in [1.54, 1.807) is 42.5 Å². The van der Waals surface area contributed by atoms with Gasteiger partial charge in [0.1, 0.15) is 16.9 Å². The van der Waals surface area contributed by atoms with Crippen LogP contribution >= 0.6 is 0 Å². The van der Waals surface area contributed by atoms with Gasteiger partial charge in [0.2, 0.25) is 0 Å². The third-order valence-corrected chi connectivity index (χ3v) is 3.35. The molecule has 24 heavy (non-hydrogen) atoms. The van der Waals surface area contributed by atoms with Gasteiger partial charge in [0.05, 0.1) is 0 Å². The highest BCUT2D eigenvalue weighted by Gasteiger charge is 2.15. The molecule has 0 unspecified atom stereocenters. The summed E-state index contributed by atoms with van der Waals surface area (Å²) in [4.78, 5) is 35.0. The van der Waals surface area contributed by atoms with E-state index in [2.05, 4.69) is 0 Å². The van der Waals surface area contributed by atoms with Crippen LogP contribution in [0.5, 0.6) is 5.75 Å². The van der Waals surface area contributed by atoms with Gasteiger partial charge >= 0.3 is 11.6 Å². The molecule has 0 fully saturated rings. The van der Waals surface area contributed by atoms with Crippen LogP contribution in [0.25, 0.3) is 11.0 Å². The molecular weight excluding hydrogens is 312 g/mol. The van der Waals surface area contributed by atoms with Gasteiger partial charge in [-0.05, 0) is 18.2 Å². The molecule has 0 saturated heterocycles. The Bertz CT molecular complexity index is 972. The van der Waals surface area contributed by atoms with E-state index in [-0.39, 0.29) is 16.9 Å². The molecule has 6 heteroatoms. The molecule has 3 aromatic rings. The van der Waals surface area contributed by atoms with Crippen LogP contribution in [0.3, 0.4) is 0 Å². The van der Waals surface area contributed by atoms with Crippen LogP contribution in [0, 0.1) is 0 Å². The molecule has 1 N–H and O–H groups in total. The van der Waals surface area contributed by atoms with E-state index < -0.39 is 24.0 Å². The second-order valence-corrected chi connectivity index (χ2v) is 5.02. The summed E-state index contributed by atoms with van der Waals surface area (Å²) < 4.78 is 10.2. The van der Waals surface area contributed by atoms with Crippen molar-refractivity contribution in [1.82, 2.24) is 0 Å². The lowest BCUT2D eigenvalue weighted by Crippen LogP contribution is -2.14. The van der Waals surface area contributed by atoms with Gasteiger partial charge in [0, 0.05) is 17.0 Å². The number of rotatable bonds is 5. The molecule has 0 spiro atoms. The van der Waals surface area contributed by atoms with Gasteiger partial charge in [-0.2, -0.15) is 0 Å². The summed E-state index contributed by atoms with van der Waals surface area (Å²) in [7, 11) is 0. The maximum atomic E-state index is 12.4. The van der Waals surface area contributed by atoms with Crippen molar-refractivity contribution in [3.8, 4) is 5.75 Å². The van der Waals surface area contributed by atoms with Crippen LogP contribution in [0.4, 0.5) is 0 Å². The third-order valence-electron chi connectivity index (χ3n) is 3.35. The Kier molecular flexibility index (Phi) is 4.11. The minimum atomic E-state index is -1.11. The van der Waals surface area contributed by atoms with Crippen LogP contribution in [0.2, 0.25) is 0 Å². The molecule has 0 saturated carbocycles. The number of ketones is 1. The van der Waals surface area contributed by atoms with E-state index in [0.29, 0.717) is 10.9 Å². The smallest absolute Gasteiger partial charge is 0.347 e. The quantitative estimate of drug-likeness (QED) is 0.572. The molecule has 1 aromatic heterocycles. The highest BCUT2D eigenvalue weighted by Crippen LogP contribution is 2.21. The molecule has 0 amide bonds. The summed E-state index contributed by atoms with van der Waals surface area (Å²) in [6, 6.07) is 14.4. The zero-order chi connectivity index (χ0) is 17.1. The average Bonchev–Trinajstić information content (AvgIpc) is 2.59. The third kappa shape index (κ3) is 3.17. The highest BCUT2D eigenvalue weighted by atomic mass is 16.5. The van der Waals surface area contributed by atoms with Crippen molar-refractivity contribution in [2.45, 2.75) is 0 Å². The summed E-state index contributed by atoms with van der Waals surface area (Å²) in [5.41, 5.74) is -0.210. The Hall–Kier alpha value is -3.41. The average molecular weight is 324 g/mol. The lowest BCUT2D eigenvalue weighted by atomic mass is 10.0. The standard InChI is InChI=1S/C18H12O6/c19-16(20)10-23-13-7-6-12-8-14(18(22)24-15(12)9-13)17(21)11-4-2-1-3-5-11/h1-9H,10H2,(H,19,20). The fourth-order valence-electron chi connectivity index (χ4n) is 2.23. The van der Waals surface area contributed by atoms with E-state index in [1.807, 2.05) is 0 Å². The van der Waals surface area contributed by atoms with Crippen LogP contribution in [0.15, 0.2) is 63.8 Å². The van der Waals surface area contributed by atoms with Gasteiger partial charge in [0.15, 0.2) is 12.4 Å². The van der Waals surface area contributed by atoms with E-state index >= 15 is 0 Å². The Balaban J connectivity index is 1.99. The Morgan fingerprint density at radius 3 is 2.50 bits per heavy atom. The molecule has 0 radical (unpaired) electrons. The van der Waals surface area contributed by atoms with Gasteiger partial charge in [0.25, 0.3) is 0 Å². The molecule has 6 nitrogen and oxygen atoms in total. The summed E-state index contributed by atoms with van der Waals surface area (Å²) in [6.07, 6.45) is 0. The molecule has 0 aliphatic carbocycles. The van der Waals surface area contributed by atoms with Crippen molar-refractivity contribution < 1.29 is 23.8 Å². The first-order valence-corrected chi connectivity index (χ1v) is 7.07. The van der Waals surface area contributed by atoms with E-state index in [1.165, 1.54) is 12.1 Å². The second-order valence-electron chi connectivity index (χ2n) is 5.02. The van der Waals surface area contributed by atoms with Gasteiger partial charge in [-0.1, -0.05) is 30.3 Å². The number of hydrogen-bond acceptors (Lipinski definition) is 5. The fourth-order valence-corrected chi connectivity index (χ4v) is 2.23. The zero-order valence-corrected chi connectivity index (χ0v) is 12.4. The van der Waals surface area contributed by atoms with Crippen LogP contribution < -0.4 is 10.4 Å². The van der Waals surface area contributed by atoms with Crippen molar-refractivity contribution in [2.24, 2.45) is 0 Å². The number of carboxylic acids is 1. The summed E-state index contributed by atoms with van der Waals surface area (Å²) in [5.74, 6) is -1.27. The lowest BCUT2D eigenvalue weighted by Gasteiger charge is -2.05. The molecule has 120 valence electrons. The first-order valence-electron chi connectivity index (χ1n) is 7.07. The number of benzene rings is 2. The molecule has 0 bridgehead atoms. The van der Waals surface area contributed by atoms with Crippen LogP contribution in [-0.2, 0) is 4.79 Å². The number of carbonyl (C=O) groups excluding carboxylic acids is 1. The molecule has 0 atom stereocenters. The Morgan fingerprint density at radius 2 is 1.79 bits per heavy atom. The molecule has 1 heterocycles. The monoisotopic (exact) mass is 324 g/mol. The molecular formula is C18H12O6. The minimum Gasteiger partial charge on any atom is -0.482 e. The summed E-state index contributed by atoms with van der Waals surface area (Å²) in [6.45, 7) is -0.500. The predicted molar refractivity (Wildman–Crippen MR) is 85.5 cm³/mol. The Labute approximate surface area is 135 Å². The number of hydrogen-bond donors (Lipinski definition) is 1. The number of fused-ring (bicyclic) bond motifs is 1. The fraction of sp³-hybridized carbons (Fsp3) is 0.0556. The molecule has 0 aliphatic heterocycles. The summed E-state index contributed by atoms with van der Waals surface area (Å²) >= 11 is 0. The van der Waals surface area contributed by atoms with E-state index in [0.717, 1.165) is 0 Å². The molecule has 3 rings (SSSR count). The normalized spacial score (nSPS) is 10.5. The number of carboxylic acid groups (broad SMARTS) is 1. The maximum absolute atomic E-state index is 12.4. The number of aliphatic carboxylic acids is 1. The van der Waals surface area contributed by atoms with Gasteiger partial charge < -0.3 is 14.3 Å². The largest absolute Gasteiger partial charge is 0.482 e. The van der Waals surface area contributed by atoms with Crippen LogP contribution in [0.1, 0.15) is 15.9 Å². The van der Waals surface area contributed by atoms with Crippen molar-refractivity contribution >= 4 is 22.7 Å². The lowest BCUT2D eigenvalue weighted by molar-refractivity contribution is -0.139. The van der Waals surface area contributed by atoms with Crippen molar-refractivity contribution in [1.29, 1.82) is 0 Å². The SMILES string of the molecule is O=C(O)COc1ccc2cc(C(=O)c3ccccc3)c(=O)oc2c1. The van der Waals surface area contributed by atoms with Crippen molar-refractivity contribution in [2.75, 3.05) is 6.61 Å². The van der Waals surface area contributed by atoms with E-state index in [4.69, 9.17) is 14.3 Å². The van der Waals surface area contributed by atoms with E-state index in [9.17, 15) is 14.4 Å². The zero-order valence-electron chi connectivity index (χ0n) is 12.4. The number of ether oxygens (including phenoxy) is 1. The van der Waals surface area contributed by atoms with Crippen molar-refractivity contribution in [3.63, 3.8) is 0 Å². The first-order chi connectivity index (χ1) is 11.5. The first kappa shape index (κ1) is 15.5. The minimum absolute atomic E-state index is 0.0621. The summed E-state index contributed by atoms with van der Waals surface area (Å²) in [5, 5.41) is 9.14. The van der Waals surface area contributed by atoms with Gasteiger partial charge in [-0.3, -0.25) is 4.79 Å². The van der Waals surface area contributed by atoms with Crippen LogP contribution in [-0.4, -0.2) is 23.5 Å². The van der Waals surface area contributed by atoms with Crippen molar-refractivity contribution in [3.05, 3.63) is 76.1 Å². The Morgan fingerprint density at radius 1 is 1.04 bits per heavy atom. The number of carbonyl (C=O) groups is 2. The molecule has 0 aliphatic rings. The van der Waals surface area contributed by atoms with Gasteiger partial charge in [-0.15, -0.1) is 0 Å². The highest BCUT2D eigenvalue weighted by molar-refractivity contribution is 6.09.